The summed E-state index contributed by atoms with van der Waals surface area (Å²) in [5.74, 6) is -0.273. The average Bonchev–Trinajstić information content (AvgIpc) is 3.48. The molecule has 2 aromatic heterocycles. The van der Waals surface area contributed by atoms with E-state index in [0.29, 0.717) is 29.0 Å². The predicted octanol–water partition coefficient (Wildman–Crippen LogP) is 2.62. The van der Waals surface area contributed by atoms with Crippen LogP contribution in [-0.2, 0) is 19.0 Å². The quantitative estimate of drug-likeness (QED) is 0.470. The van der Waals surface area contributed by atoms with Gasteiger partial charge in [-0.05, 0) is 37.8 Å². The minimum Gasteiger partial charge on any atom is -0.459 e. The molecule has 1 aliphatic carbocycles. The van der Waals surface area contributed by atoms with E-state index in [1.54, 1.807) is 35.2 Å². The van der Waals surface area contributed by atoms with E-state index in [4.69, 9.17) is 14.2 Å². The Hall–Kier alpha value is -3.57. The van der Waals surface area contributed by atoms with Crippen LogP contribution in [-0.4, -0.2) is 67.5 Å². The van der Waals surface area contributed by atoms with Crippen LogP contribution < -0.4 is 5.32 Å². The summed E-state index contributed by atoms with van der Waals surface area (Å²) >= 11 is 0. The van der Waals surface area contributed by atoms with Gasteiger partial charge in [0.15, 0.2) is 23.2 Å². The monoisotopic (exact) mass is 495 g/mol. The Balaban J connectivity index is 1.32. The van der Waals surface area contributed by atoms with Gasteiger partial charge in [0.05, 0.1) is 24.1 Å². The lowest BCUT2D eigenvalue weighted by Crippen LogP contribution is -2.28. The van der Waals surface area contributed by atoms with Crippen molar-refractivity contribution in [2.75, 3.05) is 11.9 Å². The highest BCUT2D eigenvalue weighted by atomic mass is 16.6. The topological polar surface area (TPSA) is 138 Å². The van der Waals surface area contributed by atoms with Gasteiger partial charge in [0.25, 0.3) is 0 Å². The number of aliphatic hydroxyl groups is 1. The van der Waals surface area contributed by atoms with E-state index < -0.39 is 30.4 Å². The van der Waals surface area contributed by atoms with Gasteiger partial charge >= 0.3 is 11.9 Å². The maximum atomic E-state index is 12.3. The van der Waals surface area contributed by atoms with E-state index in [-0.39, 0.29) is 18.8 Å². The summed E-state index contributed by atoms with van der Waals surface area (Å²) in [4.78, 5) is 37.4. The molecule has 0 radical (unpaired) electrons. The van der Waals surface area contributed by atoms with Crippen LogP contribution in [0.2, 0.25) is 0 Å². The molecule has 0 amide bonds. The number of ether oxygens (including phenoxy) is 3. The Morgan fingerprint density at radius 3 is 2.67 bits per heavy atom. The molecule has 1 saturated carbocycles. The molecule has 11 heteroatoms. The molecule has 2 fully saturated rings. The maximum Gasteiger partial charge on any atom is 0.338 e. The van der Waals surface area contributed by atoms with Gasteiger partial charge in [-0.1, -0.05) is 18.2 Å². The fraction of sp³-hybridized carbons (Fsp3) is 0.480. The summed E-state index contributed by atoms with van der Waals surface area (Å²) in [5.41, 5.74) is 1.56. The van der Waals surface area contributed by atoms with Crippen LogP contribution >= 0.6 is 0 Å². The number of anilines is 1. The maximum absolute atomic E-state index is 12.3. The Labute approximate surface area is 207 Å². The highest BCUT2D eigenvalue weighted by Gasteiger charge is 2.40. The molecule has 3 heterocycles. The zero-order chi connectivity index (χ0) is 25.1. The minimum absolute atomic E-state index is 0.0178. The lowest BCUT2D eigenvalue weighted by Gasteiger charge is -2.26. The molecule has 11 nitrogen and oxygen atoms in total. The summed E-state index contributed by atoms with van der Waals surface area (Å²) in [7, 11) is 0. The Kier molecular flexibility index (Phi) is 7.10. The summed E-state index contributed by atoms with van der Waals surface area (Å²) < 4.78 is 18.9. The number of hydrogen-bond acceptors (Lipinski definition) is 10. The lowest BCUT2D eigenvalue weighted by molar-refractivity contribution is -0.152. The van der Waals surface area contributed by atoms with Gasteiger partial charge in [0, 0.05) is 19.4 Å². The normalized spacial score (nSPS) is 26.0. The van der Waals surface area contributed by atoms with Crippen molar-refractivity contribution >= 4 is 28.9 Å². The molecule has 36 heavy (non-hydrogen) atoms. The van der Waals surface area contributed by atoms with Crippen molar-refractivity contribution in [1.29, 1.82) is 0 Å². The van der Waals surface area contributed by atoms with Crippen LogP contribution in [0.4, 0.5) is 5.82 Å². The lowest BCUT2D eigenvalue weighted by atomic mass is 9.93. The number of aliphatic hydroxyl groups excluding tert-OH is 1. The van der Waals surface area contributed by atoms with Gasteiger partial charge in [-0.15, -0.1) is 0 Å². The second-order valence-electron chi connectivity index (χ2n) is 9.19. The van der Waals surface area contributed by atoms with E-state index in [1.165, 1.54) is 13.3 Å². The molecule has 5 rings (SSSR count). The molecular weight excluding hydrogens is 466 g/mol. The molecule has 1 aromatic carbocycles. The van der Waals surface area contributed by atoms with Crippen LogP contribution in [0.1, 0.15) is 55.6 Å². The predicted molar refractivity (Wildman–Crippen MR) is 128 cm³/mol. The van der Waals surface area contributed by atoms with Crippen LogP contribution in [0.25, 0.3) is 11.2 Å². The summed E-state index contributed by atoms with van der Waals surface area (Å²) in [6.45, 7) is 1.36. The van der Waals surface area contributed by atoms with Gasteiger partial charge in [-0.25, -0.2) is 19.7 Å². The number of rotatable bonds is 7. The second kappa shape index (κ2) is 10.6. The van der Waals surface area contributed by atoms with Crippen molar-refractivity contribution in [1.82, 2.24) is 19.5 Å². The summed E-state index contributed by atoms with van der Waals surface area (Å²) in [5, 5.41) is 13.2. The van der Waals surface area contributed by atoms with Crippen molar-refractivity contribution in [3.63, 3.8) is 0 Å². The molecule has 1 aliphatic heterocycles. The summed E-state index contributed by atoms with van der Waals surface area (Å²) in [6, 6.07) is 8.91. The van der Waals surface area contributed by atoms with Crippen LogP contribution in [0.3, 0.4) is 0 Å². The fourth-order valence-corrected chi connectivity index (χ4v) is 4.77. The molecular formula is C25H29N5O6. The second-order valence-corrected chi connectivity index (χ2v) is 9.19. The first-order chi connectivity index (χ1) is 17.5. The molecule has 3 aromatic rings. The number of esters is 2. The van der Waals surface area contributed by atoms with Crippen LogP contribution in [0.5, 0.6) is 0 Å². The summed E-state index contributed by atoms with van der Waals surface area (Å²) in [6.07, 6.45) is 4.57. The average molecular weight is 496 g/mol. The van der Waals surface area contributed by atoms with Crippen molar-refractivity contribution in [2.24, 2.45) is 0 Å². The van der Waals surface area contributed by atoms with E-state index in [9.17, 15) is 14.7 Å². The van der Waals surface area contributed by atoms with Gasteiger partial charge in [0.2, 0.25) is 0 Å². The Bertz CT molecular complexity index is 1210. The SMILES string of the molecule is CC(=O)O[C@H]1C[C@@H](COC(=O)c2ccccc2)O[C@H]1n1cnc2c(NC3CCC(O)CC3)ncnc21. The number of nitrogens with one attached hydrogen (secondary N) is 1. The number of carbonyl (C=O) groups is 2. The molecule has 190 valence electrons. The van der Waals surface area contributed by atoms with E-state index in [1.807, 2.05) is 6.07 Å². The number of imidazole rings is 1. The first-order valence-corrected chi connectivity index (χ1v) is 12.1. The van der Waals surface area contributed by atoms with Crippen molar-refractivity contribution in [2.45, 2.75) is 69.6 Å². The number of hydrogen-bond donors (Lipinski definition) is 2. The minimum atomic E-state index is -0.688. The van der Waals surface area contributed by atoms with Gasteiger partial charge in [-0.3, -0.25) is 9.36 Å². The number of fused-ring (bicyclic) bond motifs is 1. The zero-order valence-corrected chi connectivity index (χ0v) is 19.9. The first kappa shape index (κ1) is 24.1. The molecule has 0 unspecified atom stereocenters. The molecule has 2 N–H and O–H groups in total. The zero-order valence-electron chi connectivity index (χ0n) is 19.9. The van der Waals surface area contributed by atoms with Gasteiger partial charge in [0.1, 0.15) is 19.0 Å². The van der Waals surface area contributed by atoms with Crippen LogP contribution in [0, 0.1) is 0 Å². The van der Waals surface area contributed by atoms with Crippen LogP contribution in [0.15, 0.2) is 43.0 Å². The standard InChI is InChI=1S/C25H29N5O6/c1-15(31)35-20-11-19(12-34-25(33)16-5-3-2-4-6-16)36-24(20)30-14-28-21-22(26-13-27-23(21)30)29-17-7-9-18(32)10-8-17/h2-6,13-14,17-20,24,32H,7-12H2,1H3,(H,26,27,29)/t17?,18?,19-,20-,24+/m0/s1. The number of benzene rings is 1. The fourth-order valence-electron chi connectivity index (χ4n) is 4.77. The third-order valence-corrected chi connectivity index (χ3v) is 6.54. The third kappa shape index (κ3) is 5.31. The third-order valence-electron chi connectivity index (χ3n) is 6.54. The van der Waals surface area contributed by atoms with E-state index in [2.05, 4.69) is 20.3 Å². The van der Waals surface area contributed by atoms with Gasteiger partial charge in [-0.2, -0.15) is 0 Å². The van der Waals surface area contributed by atoms with E-state index >= 15 is 0 Å². The smallest absolute Gasteiger partial charge is 0.338 e. The number of nitrogens with zero attached hydrogens (tertiary/aromatic N) is 4. The first-order valence-electron chi connectivity index (χ1n) is 12.1. The molecule has 2 aliphatic rings. The van der Waals surface area contributed by atoms with Crippen molar-refractivity contribution in [3.05, 3.63) is 48.5 Å². The molecule has 0 bridgehead atoms. The van der Waals surface area contributed by atoms with Crippen molar-refractivity contribution < 1.29 is 28.9 Å². The molecule has 0 spiro atoms. The Morgan fingerprint density at radius 2 is 1.92 bits per heavy atom. The van der Waals surface area contributed by atoms with Crippen molar-refractivity contribution in [3.8, 4) is 0 Å². The largest absolute Gasteiger partial charge is 0.459 e. The van der Waals surface area contributed by atoms with E-state index in [0.717, 1.165) is 25.7 Å². The number of aromatic nitrogens is 4. The highest BCUT2D eigenvalue weighted by Crippen LogP contribution is 2.34. The number of carbonyl (C=O) groups excluding carboxylic acids is 2. The van der Waals surface area contributed by atoms with Gasteiger partial charge < -0.3 is 24.6 Å². The Morgan fingerprint density at radius 1 is 1.14 bits per heavy atom. The molecule has 3 atom stereocenters. The molecule has 1 saturated heterocycles. The highest BCUT2D eigenvalue weighted by molar-refractivity contribution is 5.89.